The lowest BCUT2D eigenvalue weighted by atomic mass is 10.0. The number of ether oxygens (including phenoxy) is 2. The van der Waals surface area contributed by atoms with E-state index >= 15 is 0 Å². The zero-order valence-corrected chi connectivity index (χ0v) is 11.1. The van der Waals surface area contributed by atoms with Gasteiger partial charge >= 0.3 is 5.97 Å². The molecule has 0 aliphatic rings. The smallest absolute Gasteiger partial charge is 0.307 e. The first-order valence-electron chi connectivity index (χ1n) is 6.08. The molecule has 0 radical (unpaired) electrons. The molecule has 0 aromatic heterocycles. The third kappa shape index (κ3) is 8.12. The van der Waals surface area contributed by atoms with Crippen LogP contribution in [0.2, 0.25) is 0 Å². The summed E-state index contributed by atoms with van der Waals surface area (Å²) in [4.78, 5) is 13.2. The Hall–Kier alpha value is -0.650. The highest BCUT2D eigenvalue weighted by Gasteiger charge is 2.19. The molecular weight excluding hydrogens is 222 g/mol. The van der Waals surface area contributed by atoms with Crippen molar-refractivity contribution in [3.8, 4) is 0 Å². The molecule has 5 nitrogen and oxygen atoms in total. The van der Waals surface area contributed by atoms with Crippen LogP contribution in [-0.2, 0) is 14.3 Å². The van der Waals surface area contributed by atoms with E-state index < -0.39 is 5.97 Å². The molecule has 0 spiro atoms. The summed E-state index contributed by atoms with van der Waals surface area (Å²) in [5.74, 6) is -1.01. The Morgan fingerprint density at radius 1 is 1.24 bits per heavy atom. The summed E-state index contributed by atoms with van der Waals surface area (Å²) in [5.41, 5.74) is 0. The fraction of sp³-hybridized carbons (Fsp3) is 0.917. The largest absolute Gasteiger partial charge is 0.481 e. The van der Waals surface area contributed by atoms with E-state index in [-0.39, 0.29) is 5.92 Å². The molecule has 0 rings (SSSR count). The summed E-state index contributed by atoms with van der Waals surface area (Å²) in [6.07, 6.45) is 1.60. The van der Waals surface area contributed by atoms with Gasteiger partial charge in [0.1, 0.15) is 0 Å². The first-order valence-corrected chi connectivity index (χ1v) is 6.08. The summed E-state index contributed by atoms with van der Waals surface area (Å²) < 4.78 is 10.0. The number of nitrogens with zero attached hydrogens (tertiary/aromatic N) is 1. The number of aliphatic carboxylic acids is 1. The van der Waals surface area contributed by atoms with Gasteiger partial charge in [0, 0.05) is 33.9 Å². The predicted octanol–water partition coefficient (Wildman–Crippen LogP) is 1.08. The monoisotopic (exact) mass is 247 g/mol. The van der Waals surface area contributed by atoms with Crippen LogP contribution in [0.5, 0.6) is 0 Å². The van der Waals surface area contributed by atoms with Crippen LogP contribution in [0.25, 0.3) is 0 Å². The second-order valence-corrected chi connectivity index (χ2v) is 4.11. The Balaban J connectivity index is 4.19. The Bertz CT molecular complexity index is 191. The molecule has 102 valence electrons. The van der Waals surface area contributed by atoms with Gasteiger partial charge in [0.25, 0.3) is 0 Å². The van der Waals surface area contributed by atoms with E-state index in [1.165, 1.54) is 0 Å². The van der Waals surface area contributed by atoms with Crippen molar-refractivity contribution >= 4 is 5.97 Å². The van der Waals surface area contributed by atoms with E-state index in [9.17, 15) is 4.79 Å². The zero-order chi connectivity index (χ0) is 13.1. The number of carboxylic acids is 1. The molecule has 0 aromatic carbocycles. The molecule has 0 aliphatic heterocycles. The first kappa shape index (κ1) is 16.4. The molecule has 0 aromatic rings. The van der Waals surface area contributed by atoms with Crippen molar-refractivity contribution in [2.24, 2.45) is 5.92 Å². The fourth-order valence-corrected chi connectivity index (χ4v) is 1.69. The van der Waals surface area contributed by atoms with E-state index in [1.54, 1.807) is 14.2 Å². The van der Waals surface area contributed by atoms with E-state index in [2.05, 4.69) is 4.90 Å². The molecule has 1 atom stereocenters. The molecule has 17 heavy (non-hydrogen) atoms. The van der Waals surface area contributed by atoms with E-state index in [0.29, 0.717) is 26.2 Å². The lowest BCUT2D eigenvalue weighted by molar-refractivity contribution is -0.142. The minimum atomic E-state index is -0.716. The molecule has 1 unspecified atom stereocenters. The summed E-state index contributed by atoms with van der Waals surface area (Å²) >= 11 is 0. The van der Waals surface area contributed by atoms with E-state index in [0.717, 1.165) is 19.5 Å². The first-order chi connectivity index (χ1) is 8.15. The minimum Gasteiger partial charge on any atom is -0.481 e. The molecule has 0 amide bonds. The number of methoxy groups -OCH3 is 2. The van der Waals surface area contributed by atoms with Gasteiger partial charge in [0.2, 0.25) is 0 Å². The average Bonchev–Trinajstić information content (AvgIpc) is 2.31. The van der Waals surface area contributed by atoms with Crippen molar-refractivity contribution in [1.82, 2.24) is 4.90 Å². The van der Waals surface area contributed by atoms with Crippen molar-refractivity contribution in [2.75, 3.05) is 47.1 Å². The van der Waals surface area contributed by atoms with Crippen molar-refractivity contribution in [3.05, 3.63) is 0 Å². The van der Waals surface area contributed by atoms with Crippen LogP contribution < -0.4 is 0 Å². The summed E-state index contributed by atoms with van der Waals surface area (Å²) in [5, 5.41) is 9.11. The highest BCUT2D eigenvalue weighted by Crippen LogP contribution is 2.09. The second kappa shape index (κ2) is 10.5. The van der Waals surface area contributed by atoms with Gasteiger partial charge in [-0.1, -0.05) is 13.3 Å². The lowest BCUT2D eigenvalue weighted by Crippen LogP contribution is -2.37. The maximum Gasteiger partial charge on any atom is 0.307 e. The Morgan fingerprint density at radius 3 is 2.12 bits per heavy atom. The predicted molar refractivity (Wildman–Crippen MR) is 66.2 cm³/mol. The summed E-state index contributed by atoms with van der Waals surface area (Å²) in [6, 6.07) is 0. The topological polar surface area (TPSA) is 59.0 Å². The van der Waals surface area contributed by atoms with Crippen LogP contribution in [0, 0.1) is 5.92 Å². The molecule has 0 saturated heterocycles. The Labute approximate surface area is 104 Å². The lowest BCUT2D eigenvalue weighted by Gasteiger charge is -2.24. The van der Waals surface area contributed by atoms with Crippen molar-refractivity contribution in [3.63, 3.8) is 0 Å². The number of rotatable bonds is 11. The Morgan fingerprint density at radius 2 is 1.76 bits per heavy atom. The minimum absolute atomic E-state index is 0.297. The van der Waals surface area contributed by atoms with Crippen molar-refractivity contribution < 1.29 is 19.4 Å². The van der Waals surface area contributed by atoms with Gasteiger partial charge in [-0.05, 0) is 6.42 Å². The van der Waals surface area contributed by atoms with Crippen LogP contribution in [0.3, 0.4) is 0 Å². The van der Waals surface area contributed by atoms with Gasteiger partial charge in [-0.2, -0.15) is 0 Å². The number of carboxylic acid groups (broad SMARTS) is 1. The van der Waals surface area contributed by atoms with Gasteiger partial charge in [0.05, 0.1) is 19.1 Å². The normalized spacial score (nSPS) is 12.9. The maximum absolute atomic E-state index is 11.1. The molecule has 5 heteroatoms. The number of hydrogen-bond donors (Lipinski definition) is 1. The van der Waals surface area contributed by atoms with Crippen LogP contribution in [0.1, 0.15) is 19.8 Å². The molecule has 0 saturated carbocycles. The standard InChI is InChI=1S/C12H25NO4/c1-4-5-11(12(14)15)10-13(6-8-16-2)7-9-17-3/h11H,4-10H2,1-3H3,(H,14,15). The zero-order valence-electron chi connectivity index (χ0n) is 11.1. The number of carbonyl (C=O) groups is 1. The highest BCUT2D eigenvalue weighted by molar-refractivity contribution is 5.70. The van der Waals surface area contributed by atoms with Gasteiger partial charge in [0.15, 0.2) is 0 Å². The molecular formula is C12H25NO4. The summed E-state index contributed by atoms with van der Waals surface area (Å²) in [6.45, 7) is 5.28. The molecule has 0 fully saturated rings. The quantitative estimate of drug-likeness (QED) is 0.592. The van der Waals surface area contributed by atoms with Crippen molar-refractivity contribution in [1.29, 1.82) is 0 Å². The van der Waals surface area contributed by atoms with Crippen LogP contribution in [0.4, 0.5) is 0 Å². The third-order valence-corrected chi connectivity index (χ3v) is 2.69. The Kier molecular flexibility index (Phi) is 10.1. The maximum atomic E-state index is 11.1. The van der Waals surface area contributed by atoms with Crippen LogP contribution in [0.15, 0.2) is 0 Å². The SMILES string of the molecule is CCCC(CN(CCOC)CCOC)C(=O)O. The van der Waals surface area contributed by atoms with Crippen LogP contribution >= 0.6 is 0 Å². The third-order valence-electron chi connectivity index (χ3n) is 2.69. The van der Waals surface area contributed by atoms with Gasteiger partial charge in [-0.3, -0.25) is 9.69 Å². The van der Waals surface area contributed by atoms with Gasteiger partial charge in [-0.15, -0.1) is 0 Å². The molecule has 0 heterocycles. The van der Waals surface area contributed by atoms with Gasteiger partial charge < -0.3 is 14.6 Å². The second-order valence-electron chi connectivity index (χ2n) is 4.11. The van der Waals surface area contributed by atoms with E-state index in [4.69, 9.17) is 14.6 Å². The van der Waals surface area contributed by atoms with Crippen molar-refractivity contribution in [2.45, 2.75) is 19.8 Å². The highest BCUT2D eigenvalue weighted by atomic mass is 16.5. The van der Waals surface area contributed by atoms with Crippen LogP contribution in [-0.4, -0.2) is 63.0 Å². The molecule has 0 bridgehead atoms. The van der Waals surface area contributed by atoms with E-state index in [1.807, 2.05) is 6.92 Å². The number of hydrogen-bond acceptors (Lipinski definition) is 4. The summed E-state index contributed by atoms with van der Waals surface area (Å²) in [7, 11) is 3.30. The molecule has 0 aliphatic carbocycles. The molecule has 1 N–H and O–H groups in total. The average molecular weight is 247 g/mol. The van der Waals surface area contributed by atoms with Gasteiger partial charge in [-0.25, -0.2) is 0 Å². The fourth-order valence-electron chi connectivity index (χ4n) is 1.69.